The van der Waals surface area contributed by atoms with Gasteiger partial charge in [0, 0.05) is 25.3 Å². The first-order chi connectivity index (χ1) is 8.16. The lowest BCUT2D eigenvalue weighted by atomic mass is 10.2. The summed E-state index contributed by atoms with van der Waals surface area (Å²) in [6.07, 6.45) is 2.85. The van der Waals surface area contributed by atoms with Crippen LogP contribution in [-0.4, -0.2) is 34.9 Å². The Morgan fingerprint density at radius 2 is 2.00 bits per heavy atom. The highest BCUT2D eigenvalue weighted by Gasteiger charge is 2.07. The summed E-state index contributed by atoms with van der Waals surface area (Å²) in [5, 5.41) is 7.21. The van der Waals surface area contributed by atoms with Gasteiger partial charge in [-0.2, -0.15) is 0 Å². The third-order valence-electron chi connectivity index (χ3n) is 2.27. The summed E-state index contributed by atoms with van der Waals surface area (Å²) in [5.41, 5.74) is 4.20. The quantitative estimate of drug-likeness (QED) is 0.845. The number of hydrogen-bond acceptors (Lipinski definition) is 4. The van der Waals surface area contributed by atoms with Crippen LogP contribution in [0.3, 0.4) is 0 Å². The molecule has 1 amide bonds. The van der Waals surface area contributed by atoms with E-state index in [9.17, 15) is 4.79 Å². The molecule has 6 heteroatoms. The molecule has 2 aromatic rings. The van der Waals surface area contributed by atoms with Crippen LogP contribution in [0.2, 0.25) is 0 Å². The van der Waals surface area contributed by atoms with Crippen molar-refractivity contribution in [3.8, 4) is 0 Å². The molecule has 0 unspecified atom stereocenters. The molecular formula is C11H13N5O. The van der Waals surface area contributed by atoms with Crippen molar-refractivity contribution in [2.45, 2.75) is 0 Å². The summed E-state index contributed by atoms with van der Waals surface area (Å²) in [4.78, 5) is 13.8. The molecule has 1 aromatic carbocycles. The van der Waals surface area contributed by atoms with Crippen LogP contribution in [0.1, 0.15) is 10.4 Å². The van der Waals surface area contributed by atoms with Gasteiger partial charge in [0.2, 0.25) is 0 Å². The molecule has 1 heterocycles. The molecule has 0 saturated heterocycles. The van der Waals surface area contributed by atoms with E-state index >= 15 is 0 Å². The number of aromatic nitrogens is 3. The fraction of sp³-hybridized carbons (Fsp3) is 0.182. The van der Waals surface area contributed by atoms with Crippen molar-refractivity contribution < 1.29 is 4.79 Å². The van der Waals surface area contributed by atoms with Crippen LogP contribution in [0, 0.1) is 0 Å². The SMILES string of the molecule is CN(C)c1cccc(C(=O)Nn2cnnc2)c1. The number of anilines is 1. The molecule has 0 fully saturated rings. The summed E-state index contributed by atoms with van der Waals surface area (Å²) < 4.78 is 1.41. The number of carbonyl (C=O) groups excluding carboxylic acids is 1. The van der Waals surface area contributed by atoms with Crippen molar-refractivity contribution in [2.75, 3.05) is 24.4 Å². The second kappa shape index (κ2) is 4.65. The van der Waals surface area contributed by atoms with E-state index in [2.05, 4.69) is 15.6 Å². The van der Waals surface area contributed by atoms with Gasteiger partial charge in [0.25, 0.3) is 5.91 Å². The highest BCUT2D eigenvalue weighted by atomic mass is 16.2. The van der Waals surface area contributed by atoms with Crippen molar-refractivity contribution in [2.24, 2.45) is 0 Å². The number of benzene rings is 1. The first-order valence-electron chi connectivity index (χ1n) is 5.10. The van der Waals surface area contributed by atoms with Gasteiger partial charge in [-0.05, 0) is 18.2 Å². The molecule has 1 N–H and O–H groups in total. The topological polar surface area (TPSA) is 63.1 Å². The van der Waals surface area contributed by atoms with E-state index in [1.54, 1.807) is 6.07 Å². The summed E-state index contributed by atoms with van der Waals surface area (Å²) in [6.45, 7) is 0. The molecule has 0 atom stereocenters. The number of amides is 1. The van der Waals surface area contributed by atoms with Crippen LogP contribution in [0.5, 0.6) is 0 Å². The minimum Gasteiger partial charge on any atom is -0.378 e. The molecule has 0 bridgehead atoms. The van der Waals surface area contributed by atoms with Crippen LogP contribution in [0.4, 0.5) is 5.69 Å². The summed E-state index contributed by atoms with van der Waals surface area (Å²) >= 11 is 0. The molecule has 2 rings (SSSR count). The van der Waals surface area contributed by atoms with Gasteiger partial charge >= 0.3 is 0 Å². The van der Waals surface area contributed by atoms with E-state index in [1.165, 1.54) is 17.3 Å². The Bertz CT molecular complexity index is 506. The van der Waals surface area contributed by atoms with E-state index in [0.29, 0.717) is 5.56 Å². The maximum absolute atomic E-state index is 11.9. The Balaban J connectivity index is 2.16. The van der Waals surface area contributed by atoms with Gasteiger partial charge in [0.05, 0.1) is 0 Å². The normalized spacial score (nSPS) is 10.0. The molecule has 0 aliphatic carbocycles. The lowest BCUT2D eigenvalue weighted by molar-refractivity contribution is 0.101. The van der Waals surface area contributed by atoms with Crippen LogP contribution in [-0.2, 0) is 0 Å². The third kappa shape index (κ3) is 2.60. The van der Waals surface area contributed by atoms with Crippen LogP contribution >= 0.6 is 0 Å². The Morgan fingerprint density at radius 3 is 2.65 bits per heavy atom. The van der Waals surface area contributed by atoms with E-state index in [1.807, 2.05) is 37.2 Å². The number of carbonyl (C=O) groups is 1. The molecule has 0 aliphatic heterocycles. The number of rotatable bonds is 3. The Hall–Kier alpha value is -2.37. The lowest BCUT2D eigenvalue weighted by Crippen LogP contribution is -2.21. The fourth-order valence-corrected chi connectivity index (χ4v) is 1.37. The summed E-state index contributed by atoms with van der Waals surface area (Å²) in [5.74, 6) is -0.200. The first-order valence-corrected chi connectivity index (χ1v) is 5.10. The van der Waals surface area contributed by atoms with Gasteiger partial charge in [-0.25, -0.2) is 4.68 Å². The van der Waals surface area contributed by atoms with E-state index in [0.717, 1.165) is 5.69 Å². The van der Waals surface area contributed by atoms with Crippen LogP contribution < -0.4 is 10.3 Å². The molecule has 0 spiro atoms. The predicted molar refractivity (Wildman–Crippen MR) is 64.5 cm³/mol. The Labute approximate surface area is 98.9 Å². The number of nitrogens with one attached hydrogen (secondary N) is 1. The van der Waals surface area contributed by atoms with Gasteiger partial charge in [0.15, 0.2) is 0 Å². The van der Waals surface area contributed by atoms with Crippen molar-refractivity contribution in [1.29, 1.82) is 0 Å². The van der Waals surface area contributed by atoms with Crippen LogP contribution in [0.15, 0.2) is 36.9 Å². The molecule has 0 saturated carbocycles. The molecular weight excluding hydrogens is 218 g/mol. The van der Waals surface area contributed by atoms with Crippen molar-refractivity contribution in [3.05, 3.63) is 42.5 Å². The van der Waals surface area contributed by atoms with Crippen LogP contribution in [0.25, 0.3) is 0 Å². The zero-order valence-electron chi connectivity index (χ0n) is 9.66. The molecule has 88 valence electrons. The van der Waals surface area contributed by atoms with Crippen molar-refractivity contribution >= 4 is 11.6 Å². The minimum absolute atomic E-state index is 0.200. The molecule has 0 aliphatic rings. The lowest BCUT2D eigenvalue weighted by Gasteiger charge is -2.13. The predicted octanol–water partition coefficient (Wildman–Crippen LogP) is 0.728. The average Bonchev–Trinajstić information content (AvgIpc) is 2.82. The van der Waals surface area contributed by atoms with Gasteiger partial charge in [-0.1, -0.05) is 6.07 Å². The molecule has 1 aromatic heterocycles. The van der Waals surface area contributed by atoms with Crippen molar-refractivity contribution in [3.63, 3.8) is 0 Å². The highest BCUT2D eigenvalue weighted by Crippen LogP contribution is 2.13. The largest absolute Gasteiger partial charge is 0.378 e. The molecule has 0 radical (unpaired) electrons. The number of hydrogen-bond donors (Lipinski definition) is 1. The fourth-order valence-electron chi connectivity index (χ4n) is 1.37. The monoisotopic (exact) mass is 231 g/mol. The zero-order chi connectivity index (χ0) is 12.3. The van der Waals surface area contributed by atoms with E-state index in [-0.39, 0.29) is 5.91 Å². The number of nitrogens with zero attached hydrogens (tertiary/aromatic N) is 4. The molecule has 6 nitrogen and oxygen atoms in total. The first kappa shape index (κ1) is 11.1. The maximum Gasteiger partial charge on any atom is 0.270 e. The average molecular weight is 231 g/mol. The Kier molecular flexibility index (Phi) is 3.04. The second-order valence-corrected chi connectivity index (χ2v) is 3.75. The van der Waals surface area contributed by atoms with Crippen molar-refractivity contribution in [1.82, 2.24) is 14.9 Å². The minimum atomic E-state index is -0.200. The summed E-state index contributed by atoms with van der Waals surface area (Å²) in [6, 6.07) is 7.36. The van der Waals surface area contributed by atoms with Gasteiger partial charge < -0.3 is 4.90 Å². The Morgan fingerprint density at radius 1 is 1.29 bits per heavy atom. The summed E-state index contributed by atoms with van der Waals surface area (Å²) in [7, 11) is 3.85. The van der Waals surface area contributed by atoms with E-state index < -0.39 is 0 Å². The maximum atomic E-state index is 11.9. The standard InChI is InChI=1S/C11H13N5O/c1-15(2)10-5-3-4-9(6-10)11(17)14-16-7-12-13-8-16/h3-8H,1-2H3,(H,14,17). The van der Waals surface area contributed by atoms with E-state index in [4.69, 9.17) is 0 Å². The second-order valence-electron chi connectivity index (χ2n) is 3.75. The highest BCUT2D eigenvalue weighted by molar-refractivity contribution is 6.00. The molecule has 17 heavy (non-hydrogen) atoms. The van der Waals surface area contributed by atoms with Gasteiger partial charge in [-0.3, -0.25) is 10.2 Å². The smallest absolute Gasteiger partial charge is 0.270 e. The van der Waals surface area contributed by atoms with Gasteiger partial charge in [-0.15, -0.1) is 10.2 Å². The zero-order valence-corrected chi connectivity index (χ0v) is 9.66. The van der Waals surface area contributed by atoms with Gasteiger partial charge in [0.1, 0.15) is 12.7 Å². The third-order valence-corrected chi connectivity index (χ3v) is 2.27.